The van der Waals surface area contributed by atoms with Gasteiger partial charge < -0.3 is 10.1 Å². The number of hydrazone groups is 1. The van der Waals surface area contributed by atoms with Crippen LogP contribution in [0.25, 0.3) is 0 Å². The minimum absolute atomic E-state index is 0.0451. The van der Waals surface area contributed by atoms with Crippen molar-refractivity contribution in [3.8, 4) is 11.8 Å². The monoisotopic (exact) mass is 585 g/mol. The number of hydrogen-bond acceptors (Lipinski definition) is 7. The predicted molar refractivity (Wildman–Crippen MR) is 127 cm³/mol. The lowest BCUT2D eigenvalue weighted by Gasteiger charge is -2.08. The number of nitrogens with zero attached hydrogens (tertiary/aromatic N) is 3. The zero-order valence-corrected chi connectivity index (χ0v) is 19.7. The lowest BCUT2D eigenvalue weighted by atomic mass is 10.2. The Hall–Kier alpha value is -3.18. The molecule has 0 radical (unpaired) electrons. The third kappa shape index (κ3) is 7.43. The summed E-state index contributed by atoms with van der Waals surface area (Å²) in [7, 11) is 0. The molecule has 12 heteroatoms. The molecule has 0 aliphatic rings. The fourth-order valence-electron chi connectivity index (χ4n) is 2.55. The van der Waals surface area contributed by atoms with Gasteiger partial charge in [-0.2, -0.15) is 23.5 Å². The van der Waals surface area contributed by atoms with Crippen LogP contribution in [0.3, 0.4) is 0 Å². The number of carbonyl (C=O) groups excluding carboxylic acids is 1. The van der Waals surface area contributed by atoms with E-state index in [2.05, 4.69) is 43.4 Å². The molecule has 1 heterocycles. The van der Waals surface area contributed by atoms with Crippen molar-refractivity contribution in [2.45, 2.75) is 12.6 Å². The van der Waals surface area contributed by atoms with E-state index in [1.54, 1.807) is 23.6 Å². The molecule has 33 heavy (non-hydrogen) atoms. The maximum atomic E-state index is 12.8. The summed E-state index contributed by atoms with van der Waals surface area (Å²) in [6.07, 6.45) is -3.01. The molecular formula is C21H15F3IN5O2S. The zero-order valence-electron chi connectivity index (χ0n) is 16.7. The quantitative estimate of drug-likeness (QED) is 0.218. The smallest absolute Gasteiger partial charge is 0.416 e. The van der Waals surface area contributed by atoms with E-state index in [0.29, 0.717) is 16.6 Å². The molecule has 0 aliphatic heterocycles. The summed E-state index contributed by atoms with van der Waals surface area (Å²) in [6, 6.07) is 11.9. The van der Waals surface area contributed by atoms with Crippen molar-refractivity contribution in [2.24, 2.45) is 5.10 Å². The Kier molecular flexibility index (Phi) is 8.23. The van der Waals surface area contributed by atoms with Crippen molar-refractivity contribution in [3.63, 3.8) is 0 Å². The zero-order chi connectivity index (χ0) is 23.8. The lowest BCUT2D eigenvalue weighted by Crippen LogP contribution is -2.19. The molecule has 170 valence electrons. The SMILES string of the molecule is N#CCOc1ccc(/C=N\NC(=O)Cc2csc(Nc3cccc(C(F)(F)F)c3)n2)cc1I. The molecule has 0 fully saturated rings. The number of rotatable bonds is 8. The number of alkyl halides is 3. The van der Waals surface area contributed by atoms with E-state index in [9.17, 15) is 18.0 Å². The molecule has 1 amide bonds. The molecule has 0 unspecified atom stereocenters. The Bertz CT molecular complexity index is 1210. The molecule has 0 aliphatic carbocycles. The molecule has 3 rings (SSSR count). The fraction of sp³-hybridized carbons (Fsp3) is 0.143. The highest BCUT2D eigenvalue weighted by Gasteiger charge is 2.30. The summed E-state index contributed by atoms with van der Waals surface area (Å²) in [4.78, 5) is 16.3. The second-order valence-corrected chi connectivity index (χ2v) is 8.47. The van der Waals surface area contributed by atoms with Gasteiger partial charge in [-0.15, -0.1) is 11.3 Å². The Morgan fingerprint density at radius 2 is 2.12 bits per heavy atom. The molecule has 2 N–H and O–H groups in total. The standard InChI is InChI=1S/C21H15F3IN5O2S/c22-21(23,24)14-2-1-3-15(9-14)28-20-29-16(12-33-20)10-19(31)30-27-11-13-4-5-18(17(25)8-13)32-7-6-26/h1-5,8-9,11-12H,7,10H2,(H,28,29)(H,30,31)/b27-11-. The number of nitriles is 1. The van der Waals surface area contributed by atoms with Crippen LogP contribution in [0.2, 0.25) is 0 Å². The molecule has 3 aromatic rings. The van der Waals surface area contributed by atoms with E-state index < -0.39 is 17.6 Å². The molecule has 2 aromatic carbocycles. The van der Waals surface area contributed by atoms with Gasteiger partial charge in [0.1, 0.15) is 11.8 Å². The Morgan fingerprint density at radius 3 is 2.85 bits per heavy atom. The molecule has 1 aromatic heterocycles. The van der Waals surface area contributed by atoms with Gasteiger partial charge in [-0.25, -0.2) is 10.4 Å². The molecule has 0 saturated heterocycles. The van der Waals surface area contributed by atoms with Gasteiger partial charge >= 0.3 is 6.18 Å². The minimum Gasteiger partial charge on any atom is -0.478 e. The average molecular weight is 585 g/mol. The van der Waals surface area contributed by atoms with Gasteiger partial charge in [0, 0.05) is 11.1 Å². The number of halogens is 4. The van der Waals surface area contributed by atoms with Crippen molar-refractivity contribution >= 4 is 56.9 Å². The van der Waals surface area contributed by atoms with Crippen LogP contribution in [0.15, 0.2) is 52.9 Å². The Labute approximate surface area is 204 Å². The highest BCUT2D eigenvalue weighted by molar-refractivity contribution is 14.1. The topological polar surface area (TPSA) is 99.4 Å². The van der Waals surface area contributed by atoms with Gasteiger partial charge in [0.2, 0.25) is 5.91 Å². The van der Waals surface area contributed by atoms with Gasteiger partial charge in [-0.05, 0) is 64.6 Å². The summed E-state index contributed by atoms with van der Waals surface area (Å²) < 4.78 is 44.6. The van der Waals surface area contributed by atoms with Crippen molar-refractivity contribution in [1.29, 1.82) is 5.26 Å². The lowest BCUT2D eigenvalue weighted by molar-refractivity contribution is -0.137. The summed E-state index contributed by atoms with van der Waals surface area (Å²) in [6.45, 7) is -0.0483. The third-order valence-corrected chi connectivity index (χ3v) is 5.64. The molecule has 7 nitrogen and oxygen atoms in total. The minimum atomic E-state index is -4.43. The van der Waals surface area contributed by atoms with Gasteiger partial charge in [0.05, 0.1) is 27.5 Å². The van der Waals surface area contributed by atoms with Crippen molar-refractivity contribution in [2.75, 3.05) is 11.9 Å². The van der Waals surface area contributed by atoms with Crippen LogP contribution in [0.1, 0.15) is 16.8 Å². The first kappa shape index (κ1) is 24.5. The summed E-state index contributed by atoms with van der Waals surface area (Å²) in [5.74, 6) is 0.183. The number of hydrogen-bond donors (Lipinski definition) is 2. The number of amides is 1. The number of benzene rings is 2. The van der Waals surface area contributed by atoms with Gasteiger partial charge in [-0.3, -0.25) is 4.79 Å². The van der Waals surface area contributed by atoms with Gasteiger partial charge in [0.15, 0.2) is 11.7 Å². The fourth-order valence-corrected chi connectivity index (χ4v) is 3.98. The second-order valence-electron chi connectivity index (χ2n) is 6.45. The summed E-state index contributed by atoms with van der Waals surface area (Å²) in [5, 5.41) is 17.3. The van der Waals surface area contributed by atoms with Crippen LogP contribution in [0.4, 0.5) is 24.0 Å². The van der Waals surface area contributed by atoms with Crippen molar-refractivity contribution < 1.29 is 22.7 Å². The number of anilines is 2. The normalized spacial score (nSPS) is 11.2. The van der Waals surface area contributed by atoms with E-state index in [1.165, 1.54) is 29.7 Å². The van der Waals surface area contributed by atoms with Crippen molar-refractivity contribution in [3.05, 3.63) is 68.2 Å². The molecule has 0 bridgehead atoms. The van der Waals surface area contributed by atoms with Crippen LogP contribution in [-0.4, -0.2) is 23.7 Å². The van der Waals surface area contributed by atoms with Crippen LogP contribution in [-0.2, 0) is 17.4 Å². The number of ether oxygens (including phenoxy) is 1. The number of aromatic nitrogens is 1. The molecule has 0 atom stereocenters. The maximum absolute atomic E-state index is 12.8. The van der Waals surface area contributed by atoms with E-state index in [-0.39, 0.29) is 18.7 Å². The predicted octanol–water partition coefficient (Wildman–Crippen LogP) is 5.11. The van der Waals surface area contributed by atoms with Crippen LogP contribution in [0, 0.1) is 14.9 Å². The van der Waals surface area contributed by atoms with Crippen LogP contribution < -0.4 is 15.5 Å². The Morgan fingerprint density at radius 1 is 1.30 bits per heavy atom. The van der Waals surface area contributed by atoms with Crippen LogP contribution in [0.5, 0.6) is 5.75 Å². The van der Waals surface area contributed by atoms with E-state index in [0.717, 1.165) is 21.3 Å². The molecular weight excluding hydrogens is 570 g/mol. The van der Waals surface area contributed by atoms with E-state index in [1.807, 2.05) is 6.07 Å². The largest absolute Gasteiger partial charge is 0.478 e. The maximum Gasteiger partial charge on any atom is 0.416 e. The summed E-state index contributed by atoms with van der Waals surface area (Å²) >= 11 is 3.24. The number of nitrogens with one attached hydrogen (secondary N) is 2. The summed E-state index contributed by atoms with van der Waals surface area (Å²) in [5.41, 5.74) is 3.07. The first-order chi connectivity index (χ1) is 15.7. The van der Waals surface area contributed by atoms with Gasteiger partial charge in [0.25, 0.3) is 0 Å². The van der Waals surface area contributed by atoms with Gasteiger partial charge in [-0.1, -0.05) is 6.07 Å². The van der Waals surface area contributed by atoms with Crippen LogP contribution >= 0.6 is 33.9 Å². The second kappa shape index (κ2) is 11.1. The average Bonchev–Trinajstić information content (AvgIpc) is 3.19. The first-order valence-corrected chi connectivity index (χ1v) is 11.2. The Balaban J connectivity index is 1.53. The van der Waals surface area contributed by atoms with E-state index in [4.69, 9.17) is 10.00 Å². The molecule has 0 spiro atoms. The molecule has 0 saturated carbocycles. The van der Waals surface area contributed by atoms with Crippen molar-refractivity contribution in [1.82, 2.24) is 10.4 Å². The third-order valence-electron chi connectivity index (χ3n) is 3.99. The van der Waals surface area contributed by atoms with E-state index >= 15 is 0 Å². The first-order valence-electron chi connectivity index (χ1n) is 9.24. The highest BCUT2D eigenvalue weighted by Crippen LogP contribution is 2.31. The highest BCUT2D eigenvalue weighted by atomic mass is 127. The number of thiazole rings is 1. The number of carbonyl (C=O) groups is 1.